The van der Waals surface area contributed by atoms with E-state index in [9.17, 15) is 9.59 Å². The third-order valence-electron chi connectivity index (χ3n) is 5.14. The number of nitrogens with zero attached hydrogens (tertiary/aromatic N) is 2. The van der Waals surface area contributed by atoms with Gasteiger partial charge >= 0.3 is 0 Å². The molecule has 1 spiro atoms. The molecule has 0 saturated carbocycles. The van der Waals surface area contributed by atoms with E-state index in [-0.39, 0.29) is 16.7 Å². The lowest BCUT2D eigenvalue weighted by Crippen LogP contribution is -2.53. The Bertz CT molecular complexity index is 882. The Morgan fingerprint density at radius 3 is 2.41 bits per heavy atom. The summed E-state index contributed by atoms with van der Waals surface area (Å²) >= 11 is 11.2. The third kappa shape index (κ3) is 3.50. The van der Waals surface area contributed by atoms with Crippen LogP contribution in [0.4, 0.5) is 5.69 Å². The van der Waals surface area contributed by atoms with Gasteiger partial charge < -0.3 is 4.90 Å². The molecule has 0 radical (unpaired) electrons. The van der Waals surface area contributed by atoms with E-state index < -0.39 is 0 Å². The van der Waals surface area contributed by atoms with Crippen molar-refractivity contribution in [3.63, 3.8) is 0 Å². The minimum atomic E-state index is -0.282. The molecular formula is C20H18BrClN2O2S. The average Bonchev–Trinajstić information content (AvgIpc) is 2.99. The van der Waals surface area contributed by atoms with E-state index in [4.69, 9.17) is 11.6 Å². The zero-order valence-electron chi connectivity index (χ0n) is 14.5. The molecule has 0 atom stereocenters. The van der Waals surface area contributed by atoms with Crippen molar-refractivity contribution < 1.29 is 9.59 Å². The maximum atomic E-state index is 12.9. The van der Waals surface area contributed by atoms with Gasteiger partial charge in [-0.05, 0) is 65.2 Å². The molecular weight excluding hydrogens is 448 g/mol. The van der Waals surface area contributed by atoms with Crippen LogP contribution in [-0.4, -0.2) is 40.4 Å². The van der Waals surface area contributed by atoms with E-state index in [1.54, 1.807) is 11.8 Å². The van der Waals surface area contributed by atoms with Crippen LogP contribution in [0.25, 0.3) is 0 Å². The topological polar surface area (TPSA) is 40.6 Å². The number of carbonyl (C=O) groups is 2. The second kappa shape index (κ2) is 7.49. The first-order valence-corrected chi connectivity index (χ1v) is 10.9. The van der Waals surface area contributed by atoms with Gasteiger partial charge in [-0.2, -0.15) is 0 Å². The van der Waals surface area contributed by atoms with Crippen molar-refractivity contribution in [1.29, 1.82) is 0 Å². The van der Waals surface area contributed by atoms with Crippen LogP contribution in [-0.2, 0) is 4.79 Å². The van der Waals surface area contributed by atoms with Crippen LogP contribution in [0.15, 0.2) is 53.0 Å². The first-order valence-electron chi connectivity index (χ1n) is 8.77. The van der Waals surface area contributed by atoms with E-state index in [1.165, 1.54) is 0 Å². The van der Waals surface area contributed by atoms with Gasteiger partial charge in [0, 0.05) is 28.3 Å². The molecule has 2 saturated heterocycles. The molecule has 0 N–H and O–H groups in total. The number of thioether (sulfide) groups is 1. The molecule has 27 heavy (non-hydrogen) atoms. The zero-order valence-corrected chi connectivity index (χ0v) is 17.7. The van der Waals surface area contributed by atoms with Crippen molar-refractivity contribution in [2.24, 2.45) is 0 Å². The normalized spacial score (nSPS) is 19.0. The van der Waals surface area contributed by atoms with Crippen LogP contribution in [0.1, 0.15) is 23.2 Å². The summed E-state index contributed by atoms with van der Waals surface area (Å²) in [5.41, 5.74) is 1.55. The van der Waals surface area contributed by atoms with Gasteiger partial charge in [-0.15, -0.1) is 11.8 Å². The van der Waals surface area contributed by atoms with Crippen LogP contribution in [0.2, 0.25) is 5.02 Å². The Balaban J connectivity index is 1.53. The summed E-state index contributed by atoms with van der Waals surface area (Å²) in [5, 5.41) is 0.654. The molecule has 0 aliphatic carbocycles. The number of anilines is 1. The second-order valence-corrected chi connectivity index (χ2v) is 9.34. The van der Waals surface area contributed by atoms with Crippen LogP contribution < -0.4 is 4.90 Å². The number of rotatable bonds is 2. The first kappa shape index (κ1) is 18.8. The molecule has 2 amide bonds. The number of piperidine rings is 1. The minimum absolute atomic E-state index is 0.0321. The van der Waals surface area contributed by atoms with Crippen LogP contribution >= 0.6 is 39.3 Å². The predicted molar refractivity (Wildman–Crippen MR) is 113 cm³/mol. The van der Waals surface area contributed by atoms with Gasteiger partial charge in [0.25, 0.3) is 5.91 Å². The fraction of sp³-hybridized carbons (Fsp3) is 0.300. The third-order valence-corrected chi connectivity index (χ3v) is 7.61. The lowest BCUT2D eigenvalue weighted by molar-refractivity contribution is -0.116. The molecule has 4 rings (SSSR count). The standard InChI is InChI=1S/C20H18BrClN2O2S/c21-17-4-2-1-3-16(17)19(26)23-11-9-20(10-12-23)24(18(25)13-27-20)15-7-5-14(22)6-8-15/h1-8H,9-13H2. The smallest absolute Gasteiger partial charge is 0.255 e. The van der Waals surface area contributed by atoms with Gasteiger partial charge in [0.15, 0.2) is 0 Å². The van der Waals surface area contributed by atoms with E-state index in [0.717, 1.165) is 23.0 Å². The molecule has 140 valence electrons. The summed E-state index contributed by atoms with van der Waals surface area (Å²) in [4.78, 5) is 29.0. The van der Waals surface area contributed by atoms with Crippen LogP contribution in [0, 0.1) is 0 Å². The summed E-state index contributed by atoms with van der Waals surface area (Å²) in [6, 6.07) is 14.9. The number of likely N-dealkylation sites (tertiary alicyclic amines) is 1. The lowest BCUT2D eigenvalue weighted by atomic mass is 10.00. The summed E-state index contributed by atoms with van der Waals surface area (Å²) in [6.45, 7) is 1.26. The first-order chi connectivity index (χ1) is 13.0. The molecule has 4 nitrogen and oxygen atoms in total. The van der Waals surface area contributed by atoms with Crippen molar-refractivity contribution in [3.8, 4) is 0 Å². The summed E-state index contributed by atoms with van der Waals surface area (Å²) < 4.78 is 0.809. The number of benzene rings is 2. The molecule has 2 aliphatic rings. The molecule has 2 fully saturated rings. The monoisotopic (exact) mass is 464 g/mol. The van der Waals surface area contributed by atoms with Gasteiger partial charge in [0.1, 0.15) is 0 Å². The molecule has 7 heteroatoms. The van der Waals surface area contributed by atoms with Crippen molar-refractivity contribution in [2.45, 2.75) is 17.7 Å². The maximum Gasteiger partial charge on any atom is 0.255 e. The summed E-state index contributed by atoms with van der Waals surface area (Å²) in [6.07, 6.45) is 1.50. The Kier molecular flexibility index (Phi) is 5.23. The number of hydrogen-bond donors (Lipinski definition) is 0. The van der Waals surface area contributed by atoms with E-state index in [1.807, 2.05) is 58.3 Å². The largest absolute Gasteiger partial charge is 0.338 e. The Morgan fingerprint density at radius 2 is 1.74 bits per heavy atom. The number of amides is 2. The fourth-order valence-electron chi connectivity index (χ4n) is 3.75. The highest BCUT2D eigenvalue weighted by Crippen LogP contribution is 2.47. The number of halogens is 2. The van der Waals surface area contributed by atoms with Crippen molar-refractivity contribution in [3.05, 3.63) is 63.6 Å². The van der Waals surface area contributed by atoms with Gasteiger partial charge in [0.2, 0.25) is 5.91 Å². The fourth-order valence-corrected chi connectivity index (χ4v) is 5.66. The number of hydrogen-bond acceptors (Lipinski definition) is 3. The molecule has 0 unspecified atom stereocenters. The quantitative estimate of drug-likeness (QED) is 0.639. The SMILES string of the molecule is O=C(c1ccccc1Br)N1CCC2(CC1)SCC(=O)N2c1ccc(Cl)cc1. The van der Waals surface area contributed by atoms with Gasteiger partial charge in [-0.3, -0.25) is 14.5 Å². The Hall–Kier alpha value is -1.50. The highest BCUT2D eigenvalue weighted by atomic mass is 79.9. The molecule has 2 aliphatic heterocycles. The van der Waals surface area contributed by atoms with Gasteiger partial charge in [0.05, 0.1) is 16.2 Å². The highest BCUT2D eigenvalue weighted by molar-refractivity contribution is 9.10. The lowest BCUT2D eigenvalue weighted by Gasteiger charge is -2.44. The average molecular weight is 466 g/mol. The van der Waals surface area contributed by atoms with Crippen molar-refractivity contribution >= 4 is 56.8 Å². The van der Waals surface area contributed by atoms with Crippen LogP contribution in [0.5, 0.6) is 0 Å². The highest BCUT2D eigenvalue weighted by Gasteiger charge is 2.49. The van der Waals surface area contributed by atoms with E-state index >= 15 is 0 Å². The molecule has 2 aromatic rings. The molecule has 0 aromatic heterocycles. The van der Waals surface area contributed by atoms with E-state index in [2.05, 4.69) is 15.9 Å². The van der Waals surface area contributed by atoms with Gasteiger partial charge in [-0.25, -0.2) is 0 Å². The van der Waals surface area contributed by atoms with Crippen molar-refractivity contribution in [2.75, 3.05) is 23.7 Å². The van der Waals surface area contributed by atoms with Crippen molar-refractivity contribution in [1.82, 2.24) is 4.90 Å². The zero-order chi connectivity index (χ0) is 19.0. The van der Waals surface area contributed by atoms with Crippen LogP contribution in [0.3, 0.4) is 0 Å². The number of carbonyl (C=O) groups excluding carboxylic acids is 2. The summed E-state index contributed by atoms with van der Waals surface area (Å²) in [7, 11) is 0. The van der Waals surface area contributed by atoms with E-state index in [0.29, 0.717) is 29.4 Å². The Labute approximate surface area is 176 Å². The molecule has 2 aromatic carbocycles. The minimum Gasteiger partial charge on any atom is -0.338 e. The predicted octanol–water partition coefficient (Wildman–Crippen LogP) is 4.81. The second-order valence-electron chi connectivity index (χ2n) is 6.71. The summed E-state index contributed by atoms with van der Waals surface area (Å²) in [5.74, 6) is 0.624. The maximum absolute atomic E-state index is 12.9. The molecule has 0 bridgehead atoms. The molecule has 2 heterocycles. The van der Waals surface area contributed by atoms with Gasteiger partial charge in [-0.1, -0.05) is 23.7 Å². The Morgan fingerprint density at radius 1 is 1.07 bits per heavy atom.